The molecule has 0 amide bonds. The van der Waals surface area contributed by atoms with Gasteiger partial charge in [-0.3, -0.25) is 0 Å². The molecule has 5 heterocycles. The largest absolute Gasteiger partial charge is 0.477 e. The van der Waals surface area contributed by atoms with Crippen LogP contribution in [0.4, 0.5) is 0 Å². The Balaban J connectivity index is 1.44. The maximum Gasteiger partial charge on any atom is 0.346 e. The number of thiophene rings is 4. The molecule has 0 radical (unpaired) electrons. The van der Waals surface area contributed by atoms with E-state index in [0.29, 0.717) is 0 Å². The van der Waals surface area contributed by atoms with Gasteiger partial charge in [0.05, 0.1) is 10.2 Å². The number of hydrogen-bond donors (Lipinski definition) is 1. The van der Waals surface area contributed by atoms with Crippen molar-refractivity contribution in [1.29, 1.82) is 5.26 Å². The third kappa shape index (κ3) is 9.13. The summed E-state index contributed by atoms with van der Waals surface area (Å²) in [7, 11) is 0. The second-order valence-corrected chi connectivity index (χ2v) is 18.7. The van der Waals surface area contributed by atoms with Crippen LogP contribution in [0, 0.1) is 11.3 Å². The Morgan fingerprint density at radius 3 is 1.72 bits per heavy atom. The first-order chi connectivity index (χ1) is 26.4. The molecule has 4 nitrogen and oxygen atoms in total. The van der Waals surface area contributed by atoms with Gasteiger partial charge in [0.2, 0.25) is 0 Å². The number of para-hydroxylation sites is 1. The number of aliphatic carboxylic acids is 1. The molecule has 0 aliphatic carbocycles. The van der Waals surface area contributed by atoms with E-state index in [4.69, 9.17) is 0 Å². The Bertz CT molecular complexity index is 2250. The van der Waals surface area contributed by atoms with E-state index in [0.717, 1.165) is 49.1 Å². The molecule has 0 bridgehead atoms. The number of aryl methyl sites for hydroxylation is 4. The van der Waals surface area contributed by atoms with Crippen LogP contribution < -0.4 is 0 Å². The van der Waals surface area contributed by atoms with Gasteiger partial charge >= 0.3 is 5.97 Å². The van der Waals surface area contributed by atoms with Crippen molar-refractivity contribution in [2.45, 2.75) is 131 Å². The molecular weight excluding hydrogens is 741 g/mol. The number of nitriles is 1. The van der Waals surface area contributed by atoms with Crippen LogP contribution in [-0.4, -0.2) is 15.6 Å². The van der Waals surface area contributed by atoms with Gasteiger partial charge in [0.15, 0.2) is 0 Å². The van der Waals surface area contributed by atoms with Gasteiger partial charge in [0.1, 0.15) is 11.6 Å². The number of carbonyl (C=O) groups is 1. The minimum Gasteiger partial charge on any atom is -0.477 e. The fourth-order valence-electron chi connectivity index (χ4n) is 7.51. The average Bonchev–Trinajstić information content (AvgIpc) is 4.00. The molecule has 0 atom stereocenters. The van der Waals surface area contributed by atoms with Gasteiger partial charge in [-0.25, -0.2) is 4.79 Å². The number of fused-ring (bicyclic) bond motifs is 3. The van der Waals surface area contributed by atoms with Crippen LogP contribution in [0.15, 0.2) is 54.1 Å². The number of rotatable bonds is 21. The molecule has 1 N–H and O–H groups in total. The molecule has 0 aliphatic rings. The zero-order valence-electron chi connectivity index (χ0n) is 32.4. The highest BCUT2D eigenvalue weighted by Crippen LogP contribution is 2.50. The molecule has 6 rings (SSSR count). The van der Waals surface area contributed by atoms with Crippen LogP contribution in [0.3, 0.4) is 0 Å². The summed E-state index contributed by atoms with van der Waals surface area (Å²) in [6.45, 7) is 9.97. The zero-order chi connectivity index (χ0) is 38.0. The summed E-state index contributed by atoms with van der Waals surface area (Å²) in [6.07, 6.45) is 19.1. The molecule has 8 heteroatoms. The Hall–Kier alpha value is -3.48. The number of carboxylic acids is 1. The van der Waals surface area contributed by atoms with Crippen molar-refractivity contribution in [3.63, 3.8) is 0 Å². The SMILES string of the molecule is CCCCCCc1cc(-c2cc(CCCCCC)c(-c3sc(-c4cc5c(s4)c4ccccc4n5CC)cc3CCCCCC)s2)sc1/C=C(\C#N)C(=O)O. The monoisotopic (exact) mass is 794 g/mol. The van der Waals surface area contributed by atoms with Crippen molar-refractivity contribution < 1.29 is 9.90 Å². The average molecular weight is 795 g/mol. The van der Waals surface area contributed by atoms with Gasteiger partial charge in [-0.05, 0) is 98.5 Å². The predicted octanol–water partition coefficient (Wildman–Crippen LogP) is 15.4. The first kappa shape index (κ1) is 40.2. The lowest BCUT2D eigenvalue weighted by atomic mass is 10.0. The van der Waals surface area contributed by atoms with Crippen LogP contribution in [-0.2, 0) is 30.6 Å². The summed E-state index contributed by atoms with van der Waals surface area (Å²) >= 11 is 7.47. The first-order valence-electron chi connectivity index (χ1n) is 20.2. The number of carboxylic acid groups (broad SMARTS) is 1. The highest BCUT2D eigenvalue weighted by Gasteiger charge is 2.23. The number of nitrogens with zero attached hydrogens (tertiary/aromatic N) is 2. The van der Waals surface area contributed by atoms with E-state index in [1.54, 1.807) is 17.4 Å². The molecule has 1 aromatic carbocycles. The number of aromatic nitrogens is 1. The molecule has 6 aromatic rings. The number of benzene rings is 1. The zero-order valence-corrected chi connectivity index (χ0v) is 35.7. The van der Waals surface area contributed by atoms with Gasteiger partial charge in [0.25, 0.3) is 0 Å². The quantitative estimate of drug-likeness (QED) is 0.0448. The maximum absolute atomic E-state index is 11.9. The molecule has 0 spiro atoms. The van der Waals surface area contributed by atoms with Crippen molar-refractivity contribution in [1.82, 2.24) is 4.57 Å². The highest BCUT2D eigenvalue weighted by atomic mass is 32.1. The third-order valence-electron chi connectivity index (χ3n) is 10.4. The van der Waals surface area contributed by atoms with Crippen LogP contribution in [0.25, 0.3) is 56.5 Å². The number of hydrogen-bond acceptors (Lipinski definition) is 6. The van der Waals surface area contributed by atoms with E-state index in [-0.39, 0.29) is 5.57 Å². The summed E-state index contributed by atoms with van der Waals surface area (Å²) < 4.78 is 3.84. The summed E-state index contributed by atoms with van der Waals surface area (Å²) in [5.41, 5.74) is 6.52. The molecule has 5 aromatic heterocycles. The van der Waals surface area contributed by atoms with E-state index in [9.17, 15) is 15.2 Å². The predicted molar refractivity (Wildman–Crippen MR) is 238 cm³/mol. The van der Waals surface area contributed by atoms with Crippen LogP contribution in [0.5, 0.6) is 0 Å². The Morgan fingerprint density at radius 2 is 1.19 bits per heavy atom. The lowest BCUT2D eigenvalue weighted by Crippen LogP contribution is -1.97. The van der Waals surface area contributed by atoms with Crippen molar-refractivity contribution >= 4 is 78.5 Å². The summed E-state index contributed by atoms with van der Waals surface area (Å²) in [4.78, 5) is 20.8. The second-order valence-electron chi connectivity index (χ2n) is 14.4. The molecule has 54 heavy (non-hydrogen) atoms. The topological polar surface area (TPSA) is 66.0 Å². The van der Waals surface area contributed by atoms with Crippen molar-refractivity contribution in [3.8, 4) is 35.3 Å². The standard InChI is InChI=1S/C46H54N2O2S4/c1-5-9-12-15-20-31-25-39(51-38(31)28-34(30-47)46(49)50)40-26-32(21-16-13-10-6-2)43(52-40)44-33(22-17-14-11-7-3)27-41(53-44)42-29-37-45(54-42)35-23-18-19-24-36(35)48(37)8-4/h18-19,23-29H,5-17,20-22H2,1-4H3,(H,49,50)/b34-28+. The van der Waals surface area contributed by atoms with E-state index in [1.807, 2.05) is 40.1 Å². The van der Waals surface area contributed by atoms with E-state index < -0.39 is 5.97 Å². The summed E-state index contributed by atoms with van der Waals surface area (Å²) in [6, 6.07) is 20.4. The molecule has 0 saturated carbocycles. The van der Waals surface area contributed by atoms with Crippen molar-refractivity contribution in [2.75, 3.05) is 0 Å². The molecule has 0 saturated heterocycles. The minimum absolute atomic E-state index is 0.203. The normalized spacial score (nSPS) is 12.0. The molecule has 0 fully saturated rings. The molecular formula is C46H54N2O2S4. The fourth-order valence-corrected chi connectivity index (χ4v) is 12.6. The summed E-state index contributed by atoms with van der Waals surface area (Å²) in [5.74, 6) is -1.17. The van der Waals surface area contributed by atoms with E-state index >= 15 is 0 Å². The smallest absolute Gasteiger partial charge is 0.346 e. The Labute approximate surface area is 337 Å². The number of unbranched alkanes of at least 4 members (excludes halogenated alkanes) is 9. The summed E-state index contributed by atoms with van der Waals surface area (Å²) in [5, 5.41) is 20.7. The second kappa shape index (κ2) is 19.4. The Kier molecular flexibility index (Phi) is 14.4. The molecule has 0 unspecified atom stereocenters. The van der Waals surface area contributed by atoms with Gasteiger partial charge in [-0.2, -0.15) is 5.26 Å². The maximum atomic E-state index is 11.9. The van der Waals surface area contributed by atoms with Crippen molar-refractivity contribution in [3.05, 3.63) is 75.7 Å². The van der Waals surface area contributed by atoms with E-state index in [1.165, 1.54) is 126 Å². The van der Waals surface area contributed by atoms with Crippen molar-refractivity contribution in [2.24, 2.45) is 0 Å². The lowest BCUT2D eigenvalue weighted by Gasteiger charge is -2.06. The van der Waals surface area contributed by atoms with E-state index in [2.05, 4.69) is 80.8 Å². The first-order valence-corrected chi connectivity index (χ1v) is 23.4. The van der Waals surface area contributed by atoms with Crippen LogP contribution >= 0.6 is 45.3 Å². The Morgan fingerprint density at radius 1 is 0.667 bits per heavy atom. The molecule has 284 valence electrons. The van der Waals surface area contributed by atoms with Gasteiger partial charge in [-0.1, -0.05) is 96.8 Å². The third-order valence-corrected chi connectivity index (χ3v) is 15.6. The van der Waals surface area contributed by atoms with Gasteiger partial charge in [-0.15, -0.1) is 45.3 Å². The van der Waals surface area contributed by atoms with Gasteiger partial charge < -0.3 is 9.67 Å². The fraction of sp³-hybridized carbons (Fsp3) is 0.435. The highest BCUT2D eigenvalue weighted by molar-refractivity contribution is 7.30. The lowest BCUT2D eigenvalue weighted by molar-refractivity contribution is -0.132. The van der Waals surface area contributed by atoms with Crippen LogP contribution in [0.1, 0.15) is 126 Å². The van der Waals surface area contributed by atoms with Gasteiger partial charge in [0, 0.05) is 51.6 Å². The van der Waals surface area contributed by atoms with Crippen LogP contribution in [0.2, 0.25) is 0 Å². The minimum atomic E-state index is -1.17. The molecule has 0 aliphatic heterocycles.